The molecule has 1 aliphatic rings. The number of nitrogens with zero attached hydrogens (tertiary/aromatic N) is 3. The van der Waals surface area contributed by atoms with Crippen molar-refractivity contribution in [2.24, 2.45) is 5.10 Å². The number of carbonyl (C=O) groups excluding carboxylic acids is 1. The largest absolute Gasteiger partial charge is 0.272 e. The van der Waals surface area contributed by atoms with E-state index in [2.05, 4.69) is 26.0 Å². The van der Waals surface area contributed by atoms with Crippen molar-refractivity contribution in [1.29, 1.82) is 0 Å². The van der Waals surface area contributed by atoms with Crippen LogP contribution >= 0.6 is 27.3 Å². The van der Waals surface area contributed by atoms with Gasteiger partial charge in [0.25, 0.3) is 5.91 Å². The van der Waals surface area contributed by atoms with E-state index in [0.29, 0.717) is 11.6 Å². The van der Waals surface area contributed by atoms with Crippen molar-refractivity contribution in [3.63, 3.8) is 0 Å². The van der Waals surface area contributed by atoms with Crippen molar-refractivity contribution >= 4 is 44.0 Å². The highest BCUT2D eigenvalue weighted by Gasteiger charge is 2.28. The molecule has 0 fully saturated rings. The summed E-state index contributed by atoms with van der Waals surface area (Å²) in [7, 11) is 0. The molecule has 1 amide bonds. The molecule has 2 aromatic carbocycles. The van der Waals surface area contributed by atoms with Crippen LogP contribution < -0.4 is 5.01 Å². The number of aromatic nitrogens is 1. The summed E-state index contributed by atoms with van der Waals surface area (Å²) in [5.74, 6) is -0.0504. The average Bonchev–Trinajstić information content (AvgIpc) is 3.23. The molecule has 0 N–H and O–H groups in total. The number of hydrazone groups is 1. The van der Waals surface area contributed by atoms with Crippen LogP contribution in [0.15, 0.2) is 69.6 Å². The van der Waals surface area contributed by atoms with Gasteiger partial charge in [0.15, 0.2) is 0 Å². The zero-order chi connectivity index (χ0) is 16.5. The van der Waals surface area contributed by atoms with E-state index in [1.807, 2.05) is 60.0 Å². The molecule has 4 nitrogen and oxygen atoms in total. The van der Waals surface area contributed by atoms with E-state index in [1.54, 1.807) is 0 Å². The van der Waals surface area contributed by atoms with Gasteiger partial charge in [0.05, 0.1) is 17.8 Å². The van der Waals surface area contributed by atoms with Crippen LogP contribution in [0.1, 0.15) is 12.0 Å². The molecule has 118 valence electrons. The maximum absolute atomic E-state index is 12.3. The maximum atomic E-state index is 12.3. The van der Waals surface area contributed by atoms with E-state index in [-0.39, 0.29) is 5.91 Å². The number of anilines is 1. The van der Waals surface area contributed by atoms with E-state index in [4.69, 9.17) is 0 Å². The van der Waals surface area contributed by atoms with Gasteiger partial charge in [-0.25, -0.2) is 4.98 Å². The third-order valence-corrected chi connectivity index (χ3v) is 5.04. The van der Waals surface area contributed by atoms with Crippen LogP contribution in [0.2, 0.25) is 0 Å². The lowest BCUT2D eigenvalue weighted by molar-refractivity contribution is -0.116. The maximum Gasteiger partial charge on any atom is 0.255 e. The van der Waals surface area contributed by atoms with E-state index >= 15 is 0 Å². The van der Waals surface area contributed by atoms with Crippen LogP contribution in [0.25, 0.3) is 11.3 Å². The predicted molar refractivity (Wildman–Crippen MR) is 100 cm³/mol. The summed E-state index contributed by atoms with van der Waals surface area (Å²) in [5, 5.41) is 8.43. The second kappa shape index (κ2) is 6.30. The summed E-state index contributed by atoms with van der Waals surface area (Å²) in [5.41, 5.74) is 3.61. The minimum atomic E-state index is -0.0504. The monoisotopic (exact) mass is 397 g/mol. The number of rotatable bonds is 3. The number of benzene rings is 2. The molecule has 1 aromatic heterocycles. The molecule has 0 bridgehead atoms. The second-order valence-electron chi connectivity index (χ2n) is 5.32. The van der Waals surface area contributed by atoms with Gasteiger partial charge >= 0.3 is 0 Å². The first-order chi connectivity index (χ1) is 11.7. The molecule has 0 unspecified atom stereocenters. The summed E-state index contributed by atoms with van der Waals surface area (Å²) in [6.45, 7) is 0. The van der Waals surface area contributed by atoms with Crippen molar-refractivity contribution in [2.75, 3.05) is 5.01 Å². The third kappa shape index (κ3) is 2.90. The van der Waals surface area contributed by atoms with E-state index < -0.39 is 0 Å². The van der Waals surface area contributed by atoms with Crippen molar-refractivity contribution in [3.05, 3.63) is 70.0 Å². The average molecular weight is 398 g/mol. The molecule has 24 heavy (non-hydrogen) atoms. The summed E-state index contributed by atoms with van der Waals surface area (Å²) < 4.78 is 1.02. The lowest BCUT2D eigenvalue weighted by Gasteiger charge is -2.06. The molecule has 0 aliphatic carbocycles. The Hall–Kier alpha value is -2.31. The first kappa shape index (κ1) is 15.2. The summed E-state index contributed by atoms with van der Waals surface area (Å²) in [4.78, 5) is 16.9. The molecular weight excluding hydrogens is 386 g/mol. The number of hydrogen-bond donors (Lipinski definition) is 0. The van der Waals surface area contributed by atoms with Crippen LogP contribution in [-0.2, 0) is 4.79 Å². The Bertz CT molecular complexity index is 919. The summed E-state index contributed by atoms with van der Waals surface area (Å²) >= 11 is 4.85. The minimum absolute atomic E-state index is 0.0504. The van der Waals surface area contributed by atoms with Gasteiger partial charge < -0.3 is 0 Å². The zero-order valence-electron chi connectivity index (χ0n) is 12.5. The van der Waals surface area contributed by atoms with Crippen LogP contribution in [-0.4, -0.2) is 16.6 Å². The molecule has 0 atom stereocenters. The second-order valence-corrected chi connectivity index (χ2v) is 7.07. The molecule has 6 heteroatoms. The van der Waals surface area contributed by atoms with Crippen molar-refractivity contribution in [3.8, 4) is 11.3 Å². The molecule has 0 saturated heterocycles. The molecule has 1 aliphatic heterocycles. The highest BCUT2D eigenvalue weighted by Crippen LogP contribution is 2.31. The standard InChI is InChI=1S/C18H12BrN3OS/c19-14-8-6-13(7-9-14)16-11-24-18(20-16)22-17(23)10-15(21-22)12-4-2-1-3-5-12/h1-9,11H,10H2. The summed E-state index contributed by atoms with van der Waals surface area (Å²) in [6.07, 6.45) is 0.303. The van der Waals surface area contributed by atoms with Crippen LogP contribution in [0.4, 0.5) is 5.13 Å². The third-order valence-electron chi connectivity index (χ3n) is 3.70. The highest BCUT2D eigenvalue weighted by molar-refractivity contribution is 9.10. The zero-order valence-corrected chi connectivity index (χ0v) is 14.9. The summed E-state index contributed by atoms with van der Waals surface area (Å²) in [6, 6.07) is 17.7. The first-order valence-electron chi connectivity index (χ1n) is 7.38. The van der Waals surface area contributed by atoms with E-state index in [1.165, 1.54) is 16.3 Å². The number of amides is 1. The topological polar surface area (TPSA) is 45.6 Å². The fourth-order valence-corrected chi connectivity index (χ4v) is 3.55. The minimum Gasteiger partial charge on any atom is -0.272 e. The molecule has 3 aromatic rings. The predicted octanol–water partition coefficient (Wildman–Crippen LogP) is 4.71. The number of carbonyl (C=O) groups is 1. The Kier molecular flexibility index (Phi) is 4.00. The molecular formula is C18H12BrN3OS. The van der Waals surface area contributed by atoms with Gasteiger partial charge in [-0.1, -0.05) is 58.4 Å². The SMILES string of the molecule is O=C1CC(c2ccccc2)=NN1c1nc(-c2ccc(Br)cc2)cs1. The van der Waals surface area contributed by atoms with E-state index in [0.717, 1.165) is 27.0 Å². The lowest BCUT2D eigenvalue weighted by Crippen LogP contribution is -2.19. The van der Waals surface area contributed by atoms with Crippen molar-refractivity contribution < 1.29 is 4.79 Å². The van der Waals surface area contributed by atoms with E-state index in [9.17, 15) is 4.79 Å². The fourth-order valence-electron chi connectivity index (χ4n) is 2.48. The number of hydrogen-bond acceptors (Lipinski definition) is 4. The smallest absolute Gasteiger partial charge is 0.255 e. The Morgan fingerprint density at radius 1 is 1.00 bits per heavy atom. The Labute approximate surface area is 151 Å². The van der Waals surface area contributed by atoms with Crippen LogP contribution in [0.3, 0.4) is 0 Å². The molecule has 4 rings (SSSR count). The van der Waals surface area contributed by atoms with Gasteiger partial charge in [-0.2, -0.15) is 10.1 Å². The normalized spacial score (nSPS) is 14.1. The van der Waals surface area contributed by atoms with Gasteiger partial charge in [0.2, 0.25) is 5.13 Å². The highest BCUT2D eigenvalue weighted by atomic mass is 79.9. The van der Waals surface area contributed by atoms with Gasteiger partial charge in [-0.05, 0) is 17.7 Å². The molecule has 0 radical (unpaired) electrons. The number of halogens is 1. The fraction of sp³-hybridized carbons (Fsp3) is 0.0556. The first-order valence-corrected chi connectivity index (χ1v) is 9.05. The molecule has 0 spiro atoms. The van der Waals surface area contributed by atoms with Crippen LogP contribution in [0, 0.1) is 0 Å². The molecule has 0 saturated carbocycles. The van der Waals surface area contributed by atoms with Crippen molar-refractivity contribution in [2.45, 2.75) is 6.42 Å². The Morgan fingerprint density at radius 3 is 2.50 bits per heavy atom. The van der Waals surface area contributed by atoms with Gasteiger partial charge in [-0.15, -0.1) is 11.3 Å². The van der Waals surface area contributed by atoms with Gasteiger partial charge in [-0.3, -0.25) is 4.79 Å². The van der Waals surface area contributed by atoms with Crippen molar-refractivity contribution in [1.82, 2.24) is 4.98 Å². The Morgan fingerprint density at radius 2 is 1.75 bits per heavy atom. The molecule has 2 heterocycles. The quantitative estimate of drug-likeness (QED) is 0.641. The Balaban J connectivity index is 1.63. The number of thiazole rings is 1. The van der Waals surface area contributed by atoms with Crippen LogP contribution in [0.5, 0.6) is 0 Å². The van der Waals surface area contributed by atoms with Gasteiger partial charge in [0.1, 0.15) is 0 Å². The van der Waals surface area contributed by atoms with Gasteiger partial charge in [0, 0.05) is 15.4 Å². The lowest BCUT2D eigenvalue weighted by atomic mass is 10.1.